The predicted molar refractivity (Wildman–Crippen MR) is 99.0 cm³/mol. The van der Waals surface area contributed by atoms with Gasteiger partial charge in [0, 0.05) is 12.6 Å². The van der Waals surface area contributed by atoms with E-state index in [-0.39, 0.29) is 17.5 Å². The number of rotatable bonds is 5. The summed E-state index contributed by atoms with van der Waals surface area (Å²) in [4.78, 5) is 2.24. The Morgan fingerprint density at radius 2 is 1.84 bits per heavy atom. The van der Waals surface area contributed by atoms with Gasteiger partial charge < -0.3 is 4.42 Å². The second kappa shape index (κ2) is 6.65. The molecule has 25 heavy (non-hydrogen) atoms. The lowest BCUT2D eigenvalue weighted by atomic mass is 10.0. The van der Waals surface area contributed by atoms with Gasteiger partial charge in [0.15, 0.2) is 9.84 Å². The summed E-state index contributed by atoms with van der Waals surface area (Å²) in [6.07, 6.45) is 2.35. The first-order valence-electron chi connectivity index (χ1n) is 8.54. The minimum Gasteiger partial charge on any atom is -0.468 e. The molecule has 4 rings (SSSR count). The molecule has 0 N–H and O–H groups in total. The van der Waals surface area contributed by atoms with E-state index in [4.69, 9.17) is 4.42 Å². The summed E-state index contributed by atoms with van der Waals surface area (Å²) in [5.41, 5.74) is 1.22. The maximum absolute atomic E-state index is 12.0. The molecule has 5 heteroatoms. The number of hydrogen-bond donors (Lipinski definition) is 0. The smallest absolute Gasteiger partial charge is 0.151 e. The zero-order valence-electron chi connectivity index (χ0n) is 14.0. The third-order valence-corrected chi connectivity index (χ3v) is 6.67. The summed E-state index contributed by atoms with van der Waals surface area (Å²) >= 11 is 0. The Labute approximate surface area is 148 Å². The Balaban J connectivity index is 1.65. The zero-order chi connectivity index (χ0) is 17.3. The molecule has 130 valence electrons. The third-order valence-electron chi connectivity index (χ3n) is 4.92. The van der Waals surface area contributed by atoms with Crippen molar-refractivity contribution in [2.45, 2.75) is 25.6 Å². The van der Waals surface area contributed by atoms with Crippen LogP contribution >= 0.6 is 0 Å². The Kier molecular flexibility index (Phi) is 4.36. The van der Waals surface area contributed by atoms with Crippen LogP contribution in [0.3, 0.4) is 0 Å². The van der Waals surface area contributed by atoms with Crippen LogP contribution in [0.25, 0.3) is 10.8 Å². The van der Waals surface area contributed by atoms with Crippen LogP contribution in [0.5, 0.6) is 0 Å². The van der Waals surface area contributed by atoms with E-state index in [2.05, 4.69) is 35.2 Å². The molecule has 1 atom stereocenters. The minimum absolute atomic E-state index is 0.0362. The van der Waals surface area contributed by atoms with Crippen molar-refractivity contribution in [2.75, 3.05) is 11.5 Å². The van der Waals surface area contributed by atoms with Crippen LogP contribution in [0, 0.1) is 0 Å². The summed E-state index contributed by atoms with van der Waals surface area (Å²) in [5.74, 6) is 1.38. The molecule has 1 aliphatic heterocycles. The number of furan rings is 1. The van der Waals surface area contributed by atoms with E-state index < -0.39 is 9.84 Å². The molecule has 3 aromatic rings. The summed E-state index contributed by atoms with van der Waals surface area (Å²) in [5, 5.41) is 2.42. The monoisotopic (exact) mass is 355 g/mol. The van der Waals surface area contributed by atoms with Crippen LogP contribution < -0.4 is 0 Å². The van der Waals surface area contributed by atoms with E-state index in [1.165, 1.54) is 16.3 Å². The van der Waals surface area contributed by atoms with Crippen LogP contribution in [0.1, 0.15) is 17.7 Å². The van der Waals surface area contributed by atoms with Crippen molar-refractivity contribution >= 4 is 20.6 Å². The topological polar surface area (TPSA) is 50.5 Å². The van der Waals surface area contributed by atoms with Gasteiger partial charge in [-0.25, -0.2) is 8.42 Å². The highest BCUT2D eigenvalue weighted by Gasteiger charge is 2.32. The summed E-state index contributed by atoms with van der Waals surface area (Å²) in [6.45, 7) is 1.33. The van der Waals surface area contributed by atoms with Gasteiger partial charge in [0.2, 0.25) is 0 Å². The highest BCUT2D eigenvalue weighted by molar-refractivity contribution is 7.91. The molecule has 0 saturated carbocycles. The lowest BCUT2D eigenvalue weighted by molar-refractivity contribution is 0.180. The van der Waals surface area contributed by atoms with E-state index in [1.54, 1.807) is 6.26 Å². The van der Waals surface area contributed by atoms with E-state index in [9.17, 15) is 8.42 Å². The van der Waals surface area contributed by atoms with E-state index in [1.807, 2.05) is 24.3 Å². The Hall–Kier alpha value is -2.11. The molecule has 2 heterocycles. The molecule has 1 aromatic heterocycles. The van der Waals surface area contributed by atoms with Crippen LogP contribution in [-0.4, -0.2) is 30.9 Å². The number of fused-ring (bicyclic) bond motifs is 1. The van der Waals surface area contributed by atoms with Gasteiger partial charge in [0.25, 0.3) is 0 Å². The zero-order valence-corrected chi connectivity index (χ0v) is 14.8. The SMILES string of the molecule is O=S1(=O)CCC(N(Cc2ccco2)Cc2cccc3ccccc23)C1. The van der Waals surface area contributed by atoms with Crippen LogP contribution in [0.2, 0.25) is 0 Å². The maximum atomic E-state index is 12.0. The number of hydrogen-bond acceptors (Lipinski definition) is 4. The number of sulfone groups is 1. The van der Waals surface area contributed by atoms with E-state index in [0.29, 0.717) is 19.5 Å². The fourth-order valence-corrected chi connectivity index (χ4v) is 5.39. The van der Waals surface area contributed by atoms with Gasteiger partial charge in [-0.3, -0.25) is 4.90 Å². The molecule has 1 saturated heterocycles. The Morgan fingerprint density at radius 3 is 2.60 bits per heavy atom. The molecule has 0 radical (unpaired) electrons. The molecule has 0 amide bonds. The van der Waals surface area contributed by atoms with Crippen molar-refractivity contribution in [3.63, 3.8) is 0 Å². The Bertz CT molecular complexity index is 958. The van der Waals surface area contributed by atoms with Gasteiger partial charge in [-0.2, -0.15) is 0 Å². The first kappa shape index (κ1) is 16.4. The maximum Gasteiger partial charge on any atom is 0.151 e. The average Bonchev–Trinajstić information content (AvgIpc) is 3.24. The van der Waals surface area contributed by atoms with Gasteiger partial charge in [-0.1, -0.05) is 42.5 Å². The van der Waals surface area contributed by atoms with E-state index in [0.717, 1.165) is 5.76 Å². The van der Waals surface area contributed by atoms with Gasteiger partial charge in [0.1, 0.15) is 5.76 Å². The molecule has 1 fully saturated rings. The summed E-state index contributed by atoms with van der Waals surface area (Å²) in [6, 6.07) is 18.5. The third kappa shape index (κ3) is 3.62. The number of nitrogens with zero attached hydrogens (tertiary/aromatic N) is 1. The molecule has 1 unspecified atom stereocenters. The fourth-order valence-electron chi connectivity index (χ4n) is 3.63. The van der Waals surface area contributed by atoms with Crippen molar-refractivity contribution in [1.82, 2.24) is 4.90 Å². The predicted octanol–water partition coefficient (Wildman–Crippen LogP) is 3.62. The van der Waals surface area contributed by atoms with Crippen LogP contribution in [0.4, 0.5) is 0 Å². The molecular formula is C20H21NO3S. The largest absolute Gasteiger partial charge is 0.468 e. The second-order valence-corrected chi connectivity index (χ2v) is 8.91. The van der Waals surface area contributed by atoms with Crippen LogP contribution in [-0.2, 0) is 22.9 Å². The van der Waals surface area contributed by atoms with Crippen molar-refractivity contribution in [3.8, 4) is 0 Å². The van der Waals surface area contributed by atoms with Crippen molar-refractivity contribution in [2.24, 2.45) is 0 Å². The molecule has 4 nitrogen and oxygen atoms in total. The molecule has 0 spiro atoms. The van der Waals surface area contributed by atoms with Gasteiger partial charge in [-0.15, -0.1) is 0 Å². The summed E-state index contributed by atoms with van der Waals surface area (Å²) < 4.78 is 29.4. The first-order chi connectivity index (χ1) is 12.1. The lowest BCUT2D eigenvalue weighted by Crippen LogP contribution is -2.35. The normalized spacial score (nSPS) is 19.6. The van der Waals surface area contributed by atoms with Gasteiger partial charge in [0.05, 0.1) is 24.3 Å². The molecular weight excluding hydrogens is 334 g/mol. The molecule has 0 bridgehead atoms. The van der Waals surface area contributed by atoms with Gasteiger partial charge >= 0.3 is 0 Å². The standard InChI is InChI=1S/C20H21NO3S/c22-25(23)12-10-18(15-25)21(14-19-8-4-11-24-19)13-17-7-3-6-16-5-1-2-9-20(16)17/h1-9,11,18H,10,12-15H2. The first-order valence-corrected chi connectivity index (χ1v) is 10.4. The van der Waals surface area contributed by atoms with Crippen LogP contribution in [0.15, 0.2) is 65.3 Å². The van der Waals surface area contributed by atoms with Crippen molar-refractivity contribution < 1.29 is 12.8 Å². The molecule has 0 aliphatic carbocycles. The van der Waals surface area contributed by atoms with Gasteiger partial charge in [-0.05, 0) is 34.9 Å². The lowest BCUT2D eigenvalue weighted by Gasteiger charge is -2.27. The van der Waals surface area contributed by atoms with E-state index >= 15 is 0 Å². The molecule has 2 aromatic carbocycles. The average molecular weight is 355 g/mol. The minimum atomic E-state index is -2.93. The molecule has 1 aliphatic rings. The summed E-state index contributed by atoms with van der Waals surface area (Å²) in [7, 11) is -2.93. The second-order valence-electron chi connectivity index (χ2n) is 6.68. The fraction of sp³-hybridized carbons (Fsp3) is 0.300. The highest BCUT2D eigenvalue weighted by Crippen LogP contribution is 2.25. The van der Waals surface area contributed by atoms with Crippen molar-refractivity contribution in [3.05, 3.63) is 72.2 Å². The van der Waals surface area contributed by atoms with Crippen molar-refractivity contribution in [1.29, 1.82) is 0 Å². The highest BCUT2D eigenvalue weighted by atomic mass is 32.2. The quantitative estimate of drug-likeness (QED) is 0.701. The number of benzene rings is 2. The Morgan fingerprint density at radius 1 is 1.00 bits per heavy atom.